The molecule has 0 unspecified atom stereocenters. The average Bonchev–Trinajstić information content (AvgIpc) is 2.82. The van der Waals surface area contributed by atoms with E-state index in [1.54, 1.807) is 6.07 Å². The van der Waals surface area contributed by atoms with Crippen LogP contribution in [0.4, 0.5) is 4.39 Å². The Morgan fingerprint density at radius 2 is 2.04 bits per heavy atom. The van der Waals surface area contributed by atoms with E-state index in [0.29, 0.717) is 23.2 Å². The zero-order valence-electron chi connectivity index (χ0n) is 14.5. The minimum absolute atomic E-state index is 0.00509. The van der Waals surface area contributed by atoms with E-state index in [0.717, 1.165) is 5.52 Å². The summed E-state index contributed by atoms with van der Waals surface area (Å²) in [7, 11) is 0. The summed E-state index contributed by atoms with van der Waals surface area (Å²) in [6.45, 7) is 6.99. The van der Waals surface area contributed by atoms with Gasteiger partial charge in [-0.1, -0.05) is 20.8 Å². The van der Waals surface area contributed by atoms with Gasteiger partial charge in [0.25, 0.3) is 0 Å². The van der Waals surface area contributed by atoms with Crippen LogP contribution >= 0.6 is 0 Å². The van der Waals surface area contributed by atoms with Crippen LogP contribution in [0.2, 0.25) is 0 Å². The second kappa shape index (κ2) is 6.27. The largest absolute Gasteiger partial charge is 0.478 e. The number of rotatable bonds is 4. The van der Waals surface area contributed by atoms with E-state index in [1.165, 1.54) is 30.6 Å². The lowest BCUT2D eigenvalue weighted by atomic mass is 9.97. The summed E-state index contributed by atoms with van der Waals surface area (Å²) in [4.78, 5) is 15.4. The number of carbonyl (C=O) groups is 1. The molecule has 1 aromatic carbocycles. The third-order valence-corrected chi connectivity index (χ3v) is 3.91. The number of aromatic carboxylic acids is 1. The summed E-state index contributed by atoms with van der Waals surface area (Å²) in [5.41, 5.74) is 2.23. The molecule has 0 spiro atoms. The molecule has 0 bridgehead atoms. The van der Waals surface area contributed by atoms with E-state index in [2.05, 4.69) is 30.9 Å². The number of hydrogen-bond donors (Lipinski definition) is 1. The van der Waals surface area contributed by atoms with Crippen molar-refractivity contribution in [3.05, 3.63) is 59.3 Å². The van der Waals surface area contributed by atoms with Gasteiger partial charge in [0.15, 0.2) is 0 Å². The molecule has 3 rings (SSSR count). The molecule has 0 aliphatic heterocycles. The maximum Gasteiger partial charge on any atom is 0.336 e. The van der Waals surface area contributed by atoms with Crippen LogP contribution in [-0.4, -0.2) is 25.8 Å². The monoisotopic (exact) mass is 341 g/mol. The van der Waals surface area contributed by atoms with Crippen molar-refractivity contribution in [3.8, 4) is 0 Å². The van der Waals surface area contributed by atoms with Gasteiger partial charge in [-0.25, -0.2) is 9.18 Å². The number of halogens is 1. The van der Waals surface area contributed by atoms with E-state index >= 15 is 0 Å². The van der Waals surface area contributed by atoms with Crippen LogP contribution in [0, 0.1) is 11.2 Å². The molecule has 0 saturated heterocycles. The van der Waals surface area contributed by atoms with Gasteiger partial charge < -0.3 is 5.11 Å². The van der Waals surface area contributed by atoms with Crippen LogP contribution in [-0.2, 0) is 13.0 Å². The Morgan fingerprint density at radius 3 is 2.72 bits per heavy atom. The maximum atomic E-state index is 13.8. The van der Waals surface area contributed by atoms with Crippen molar-refractivity contribution >= 4 is 16.9 Å². The molecule has 130 valence electrons. The summed E-state index contributed by atoms with van der Waals surface area (Å²) in [5, 5.41) is 14.7. The van der Waals surface area contributed by atoms with Crippen LogP contribution in [0.15, 0.2) is 36.7 Å². The first-order valence-electron chi connectivity index (χ1n) is 8.06. The smallest absolute Gasteiger partial charge is 0.336 e. The van der Waals surface area contributed by atoms with Gasteiger partial charge in [0.1, 0.15) is 5.82 Å². The minimum atomic E-state index is -1.01. The molecule has 3 aromatic rings. The molecule has 0 aliphatic rings. The molecule has 0 amide bonds. The molecule has 0 fully saturated rings. The summed E-state index contributed by atoms with van der Waals surface area (Å²) < 4.78 is 15.6. The molecule has 2 heterocycles. The highest BCUT2D eigenvalue weighted by molar-refractivity contribution is 5.89. The Hall–Kier alpha value is -2.76. The van der Waals surface area contributed by atoms with Gasteiger partial charge in [-0.15, -0.1) is 0 Å². The number of benzene rings is 1. The third kappa shape index (κ3) is 3.68. The third-order valence-electron chi connectivity index (χ3n) is 3.91. The Labute approximate surface area is 145 Å². The molecule has 2 aromatic heterocycles. The van der Waals surface area contributed by atoms with E-state index in [-0.39, 0.29) is 23.2 Å². The number of carboxylic acids is 1. The average molecular weight is 341 g/mol. The van der Waals surface area contributed by atoms with E-state index in [1.807, 2.05) is 4.68 Å². The van der Waals surface area contributed by atoms with Crippen LogP contribution in [0.1, 0.15) is 42.4 Å². The normalized spacial score (nSPS) is 11.8. The van der Waals surface area contributed by atoms with Crippen molar-refractivity contribution in [2.24, 2.45) is 5.41 Å². The second-order valence-electron chi connectivity index (χ2n) is 7.34. The van der Waals surface area contributed by atoms with Gasteiger partial charge >= 0.3 is 5.97 Å². The molecule has 0 radical (unpaired) electrons. The van der Waals surface area contributed by atoms with Gasteiger partial charge in [-0.2, -0.15) is 5.10 Å². The molecule has 0 aliphatic carbocycles. The molecule has 1 N–H and O–H groups in total. The lowest BCUT2D eigenvalue weighted by Gasteiger charge is -2.18. The highest BCUT2D eigenvalue weighted by atomic mass is 19.1. The number of aromatic nitrogens is 3. The topological polar surface area (TPSA) is 68.0 Å². The Bertz CT molecular complexity index is 941. The van der Waals surface area contributed by atoms with Gasteiger partial charge in [-0.05, 0) is 35.2 Å². The molecule has 25 heavy (non-hydrogen) atoms. The zero-order valence-corrected chi connectivity index (χ0v) is 14.5. The van der Waals surface area contributed by atoms with Crippen LogP contribution in [0.25, 0.3) is 10.9 Å². The lowest BCUT2D eigenvalue weighted by molar-refractivity contribution is 0.0695. The van der Waals surface area contributed by atoms with Gasteiger partial charge in [0.2, 0.25) is 0 Å². The van der Waals surface area contributed by atoms with Crippen LogP contribution in [0.3, 0.4) is 0 Å². The number of fused-ring (bicyclic) bond motifs is 1. The molecule has 0 atom stereocenters. The fraction of sp³-hybridized carbons (Fsp3) is 0.316. The lowest BCUT2D eigenvalue weighted by Crippen LogP contribution is -2.16. The minimum Gasteiger partial charge on any atom is -0.478 e. The van der Waals surface area contributed by atoms with Crippen LogP contribution in [0.5, 0.6) is 0 Å². The predicted octanol–water partition coefficient (Wildman–Crippen LogP) is 3.91. The van der Waals surface area contributed by atoms with E-state index < -0.39 is 5.97 Å². The summed E-state index contributed by atoms with van der Waals surface area (Å²) in [6.07, 6.45) is 3.26. The Kier molecular flexibility index (Phi) is 4.29. The highest BCUT2D eigenvalue weighted by Gasteiger charge is 2.19. The SMILES string of the molecule is CC(C)(C)Cn1nc(Cc2cnccc2C(=O)O)c2cc(F)ccc21. The Balaban J connectivity index is 2.10. The highest BCUT2D eigenvalue weighted by Crippen LogP contribution is 2.26. The maximum absolute atomic E-state index is 13.8. The van der Waals surface area contributed by atoms with Crippen molar-refractivity contribution in [1.82, 2.24) is 14.8 Å². The predicted molar refractivity (Wildman–Crippen MR) is 93.1 cm³/mol. The van der Waals surface area contributed by atoms with E-state index in [4.69, 9.17) is 0 Å². The van der Waals surface area contributed by atoms with Crippen LogP contribution < -0.4 is 0 Å². The Morgan fingerprint density at radius 1 is 1.28 bits per heavy atom. The quantitative estimate of drug-likeness (QED) is 0.781. The first-order valence-corrected chi connectivity index (χ1v) is 8.06. The summed E-state index contributed by atoms with van der Waals surface area (Å²) >= 11 is 0. The first kappa shape index (κ1) is 17.1. The van der Waals surface area contributed by atoms with Crippen molar-refractivity contribution in [2.45, 2.75) is 33.7 Å². The van der Waals surface area contributed by atoms with E-state index in [9.17, 15) is 14.3 Å². The fourth-order valence-corrected chi connectivity index (χ4v) is 2.88. The van der Waals surface area contributed by atoms with Gasteiger partial charge in [-0.3, -0.25) is 9.67 Å². The fourth-order valence-electron chi connectivity index (χ4n) is 2.88. The number of nitrogens with zero attached hydrogens (tertiary/aromatic N) is 3. The molecular weight excluding hydrogens is 321 g/mol. The number of pyridine rings is 1. The van der Waals surface area contributed by atoms with Crippen molar-refractivity contribution in [2.75, 3.05) is 0 Å². The number of hydrogen-bond acceptors (Lipinski definition) is 3. The first-order chi connectivity index (χ1) is 11.7. The van der Waals surface area contributed by atoms with Gasteiger partial charge in [0, 0.05) is 30.7 Å². The van der Waals surface area contributed by atoms with Crippen molar-refractivity contribution in [3.63, 3.8) is 0 Å². The molecular formula is C19H20FN3O2. The standard InChI is InChI=1S/C19H20FN3O2/c1-19(2,3)11-23-17-5-4-13(20)9-15(17)16(22-23)8-12-10-21-7-6-14(12)18(24)25/h4-7,9-10H,8,11H2,1-3H3,(H,24,25). The molecule has 0 saturated carbocycles. The number of carboxylic acid groups (broad SMARTS) is 1. The van der Waals surface area contributed by atoms with Gasteiger partial charge in [0.05, 0.1) is 16.8 Å². The van der Waals surface area contributed by atoms with Crippen molar-refractivity contribution < 1.29 is 14.3 Å². The molecule has 6 heteroatoms. The zero-order chi connectivity index (χ0) is 18.2. The summed E-state index contributed by atoms with van der Waals surface area (Å²) in [6, 6.07) is 6.05. The summed E-state index contributed by atoms with van der Waals surface area (Å²) in [5.74, 6) is -1.35. The second-order valence-corrected chi connectivity index (χ2v) is 7.34. The molecule has 5 nitrogen and oxygen atoms in total. The van der Waals surface area contributed by atoms with Crippen molar-refractivity contribution in [1.29, 1.82) is 0 Å².